The molecule has 0 bridgehead atoms. The van der Waals surface area contributed by atoms with Gasteiger partial charge in [0.15, 0.2) is 0 Å². The third-order valence-electron chi connectivity index (χ3n) is 3.23. The largest absolute Gasteiger partial charge is 0.491 e. The molecule has 1 unspecified atom stereocenters. The van der Waals surface area contributed by atoms with E-state index in [9.17, 15) is 0 Å². The first-order chi connectivity index (χ1) is 8.75. The van der Waals surface area contributed by atoms with Crippen LogP contribution in [-0.4, -0.2) is 16.2 Å². The molecule has 1 aliphatic rings. The number of nitrogens with zero attached hydrogens (tertiary/aromatic N) is 2. The van der Waals surface area contributed by atoms with Gasteiger partial charge in [-0.15, -0.1) is 0 Å². The van der Waals surface area contributed by atoms with Gasteiger partial charge in [-0.1, -0.05) is 18.2 Å². The lowest BCUT2D eigenvalue weighted by Crippen LogP contribution is -2.16. The highest BCUT2D eigenvalue weighted by Crippen LogP contribution is 2.33. The molecule has 4 nitrogen and oxygen atoms in total. The molecule has 2 aromatic rings. The molecule has 0 radical (unpaired) electrons. The van der Waals surface area contributed by atoms with Crippen molar-refractivity contribution in [1.29, 1.82) is 0 Å². The van der Waals surface area contributed by atoms with Crippen molar-refractivity contribution in [2.75, 3.05) is 11.9 Å². The summed E-state index contributed by atoms with van der Waals surface area (Å²) in [4.78, 5) is 4.37. The molecule has 3 rings (SSSR count). The Hall–Kier alpha value is -1.97. The van der Waals surface area contributed by atoms with Gasteiger partial charge in [-0.3, -0.25) is 0 Å². The van der Waals surface area contributed by atoms with Crippen molar-refractivity contribution in [3.05, 3.63) is 42.2 Å². The van der Waals surface area contributed by atoms with Crippen LogP contribution in [-0.2, 0) is 0 Å². The van der Waals surface area contributed by atoms with E-state index in [0.29, 0.717) is 12.6 Å². The molecule has 0 saturated heterocycles. The van der Waals surface area contributed by atoms with Gasteiger partial charge >= 0.3 is 0 Å². The smallest absolute Gasteiger partial charge is 0.203 e. The molecule has 0 saturated carbocycles. The normalized spacial score (nSPS) is 17.6. The fourth-order valence-corrected chi connectivity index (χ4v) is 2.28. The van der Waals surface area contributed by atoms with Crippen LogP contribution in [0, 0.1) is 0 Å². The summed E-state index contributed by atoms with van der Waals surface area (Å²) in [6, 6.07) is 8.72. The van der Waals surface area contributed by atoms with Gasteiger partial charge in [0.2, 0.25) is 5.95 Å². The maximum absolute atomic E-state index is 5.66. The fourth-order valence-electron chi connectivity index (χ4n) is 2.28. The molecule has 1 aliphatic heterocycles. The number of para-hydroxylation sites is 1. The summed E-state index contributed by atoms with van der Waals surface area (Å²) in [5.41, 5.74) is 1.20. The first-order valence-electron chi connectivity index (χ1n) is 6.27. The first kappa shape index (κ1) is 11.1. The lowest BCUT2D eigenvalue weighted by molar-refractivity contribution is 0.339. The van der Waals surface area contributed by atoms with Crippen molar-refractivity contribution in [3.8, 4) is 5.75 Å². The van der Waals surface area contributed by atoms with E-state index in [0.717, 1.165) is 11.7 Å². The Labute approximate surface area is 107 Å². The quantitative estimate of drug-likeness (QED) is 0.900. The van der Waals surface area contributed by atoms with Crippen molar-refractivity contribution in [2.45, 2.75) is 25.9 Å². The van der Waals surface area contributed by atoms with E-state index in [-0.39, 0.29) is 6.04 Å². The van der Waals surface area contributed by atoms with E-state index in [1.807, 2.05) is 30.6 Å². The number of hydrogen-bond acceptors (Lipinski definition) is 3. The topological polar surface area (TPSA) is 39.1 Å². The fraction of sp³-hybridized carbons (Fsp3) is 0.357. The Morgan fingerprint density at radius 3 is 3.06 bits per heavy atom. The molecule has 94 valence electrons. The van der Waals surface area contributed by atoms with Crippen molar-refractivity contribution < 1.29 is 4.74 Å². The van der Waals surface area contributed by atoms with Crippen LogP contribution in [0.15, 0.2) is 36.7 Å². The minimum Gasteiger partial charge on any atom is -0.491 e. The number of fused-ring (bicyclic) bond motifs is 1. The zero-order valence-electron chi connectivity index (χ0n) is 10.6. The number of ether oxygens (including phenoxy) is 1. The highest BCUT2D eigenvalue weighted by atomic mass is 16.5. The van der Waals surface area contributed by atoms with E-state index in [4.69, 9.17) is 4.74 Å². The van der Waals surface area contributed by atoms with Gasteiger partial charge in [-0.25, -0.2) is 4.98 Å². The molecular weight excluding hydrogens is 226 g/mol. The molecule has 1 aromatic carbocycles. The second-order valence-electron chi connectivity index (χ2n) is 4.80. The summed E-state index contributed by atoms with van der Waals surface area (Å²) in [6.07, 6.45) is 3.82. The summed E-state index contributed by atoms with van der Waals surface area (Å²) in [6.45, 7) is 4.95. The summed E-state index contributed by atoms with van der Waals surface area (Å²) in [5.74, 6) is 1.87. The molecule has 0 spiro atoms. The minimum absolute atomic E-state index is 0.182. The molecule has 1 aromatic heterocycles. The van der Waals surface area contributed by atoms with E-state index in [2.05, 4.69) is 34.8 Å². The Morgan fingerprint density at radius 1 is 1.39 bits per heavy atom. The van der Waals surface area contributed by atoms with Crippen molar-refractivity contribution in [3.63, 3.8) is 0 Å². The summed E-state index contributed by atoms with van der Waals surface area (Å²) in [7, 11) is 0. The third-order valence-corrected chi connectivity index (χ3v) is 3.23. The van der Waals surface area contributed by atoms with Gasteiger partial charge in [0.05, 0.1) is 6.04 Å². The summed E-state index contributed by atoms with van der Waals surface area (Å²) in [5, 5.41) is 3.45. The number of nitrogens with one attached hydrogen (secondary N) is 1. The van der Waals surface area contributed by atoms with Gasteiger partial charge in [0, 0.05) is 24.0 Å². The lowest BCUT2D eigenvalue weighted by atomic mass is 10.1. The number of rotatable bonds is 3. The van der Waals surface area contributed by atoms with Crippen LogP contribution in [0.3, 0.4) is 0 Å². The zero-order chi connectivity index (χ0) is 12.5. The zero-order valence-corrected chi connectivity index (χ0v) is 10.6. The molecule has 0 fully saturated rings. The molecule has 2 heterocycles. The standard InChI is InChI=1S/C14H17N3O/c1-10(2)17-8-7-15-14(17)16-12-9-18-13-6-4-3-5-11(12)13/h3-8,10,12H,9H2,1-2H3,(H,15,16). The second-order valence-corrected chi connectivity index (χ2v) is 4.80. The highest BCUT2D eigenvalue weighted by Gasteiger charge is 2.24. The lowest BCUT2D eigenvalue weighted by Gasteiger charge is -2.16. The number of aromatic nitrogens is 2. The van der Waals surface area contributed by atoms with Crippen LogP contribution < -0.4 is 10.1 Å². The summed E-state index contributed by atoms with van der Waals surface area (Å²) >= 11 is 0. The van der Waals surface area contributed by atoms with Gasteiger partial charge in [-0.2, -0.15) is 0 Å². The number of imidazole rings is 1. The Kier molecular flexibility index (Phi) is 2.70. The van der Waals surface area contributed by atoms with Crippen LogP contribution in [0.1, 0.15) is 31.5 Å². The predicted molar refractivity (Wildman–Crippen MR) is 70.9 cm³/mol. The summed E-state index contributed by atoms with van der Waals surface area (Å²) < 4.78 is 7.79. The van der Waals surface area contributed by atoms with Gasteiger partial charge in [-0.05, 0) is 19.9 Å². The molecule has 1 N–H and O–H groups in total. The highest BCUT2D eigenvalue weighted by molar-refractivity contribution is 5.44. The first-order valence-corrected chi connectivity index (χ1v) is 6.27. The molecule has 0 aliphatic carbocycles. The van der Waals surface area contributed by atoms with Gasteiger partial charge < -0.3 is 14.6 Å². The number of anilines is 1. The van der Waals surface area contributed by atoms with Crippen LogP contribution >= 0.6 is 0 Å². The predicted octanol–water partition coefficient (Wildman–Crippen LogP) is 3.01. The second kappa shape index (κ2) is 4.37. The number of hydrogen-bond donors (Lipinski definition) is 1. The van der Waals surface area contributed by atoms with Crippen LogP contribution in [0.4, 0.5) is 5.95 Å². The minimum atomic E-state index is 0.182. The van der Waals surface area contributed by atoms with Crippen LogP contribution in [0.5, 0.6) is 5.75 Å². The monoisotopic (exact) mass is 243 g/mol. The van der Waals surface area contributed by atoms with E-state index < -0.39 is 0 Å². The number of benzene rings is 1. The molecule has 18 heavy (non-hydrogen) atoms. The van der Waals surface area contributed by atoms with Crippen LogP contribution in [0.25, 0.3) is 0 Å². The van der Waals surface area contributed by atoms with Gasteiger partial charge in [0.25, 0.3) is 0 Å². The van der Waals surface area contributed by atoms with E-state index >= 15 is 0 Å². The van der Waals surface area contributed by atoms with E-state index in [1.54, 1.807) is 0 Å². The Morgan fingerprint density at radius 2 is 2.22 bits per heavy atom. The molecule has 0 amide bonds. The van der Waals surface area contributed by atoms with Gasteiger partial charge in [0.1, 0.15) is 12.4 Å². The molecular formula is C14H17N3O. The Bertz CT molecular complexity index is 547. The van der Waals surface area contributed by atoms with Crippen molar-refractivity contribution >= 4 is 5.95 Å². The molecule has 1 atom stereocenters. The maximum atomic E-state index is 5.66. The van der Waals surface area contributed by atoms with Crippen molar-refractivity contribution in [2.24, 2.45) is 0 Å². The van der Waals surface area contributed by atoms with E-state index in [1.165, 1.54) is 5.56 Å². The van der Waals surface area contributed by atoms with Crippen molar-refractivity contribution in [1.82, 2.24) is 9.55 Å². The average Bonchev–Trinajstić information content (AvgIpc) is 2.97. The Balaban J connectivity index is 1.84. The third kappa shape index (κ3) is 1.83. The molecule has 4 heteroatoms. The maximum Gasteiger partial charge on any atom is 0.203 e. The SMILES string of the molecule is CC(C)n1ccnc1NC1COc2ccccc21. The average molecular weight is 243 g/mol. The van der Waals surface area contributed by atoms with Crippen LogP contribution in [0.2, 0.25) is 0 Å².